The zero-order valence-corrected chi connectivity index (χ0v) is 15.2. The number of hydrogen-bond acceptors (Lipinski definition) is 7. The Kier molecular flexibility index (Phi) is 6.56. The molecule has 0 aromatic heterocycles. The van der Waals surface area contributed by atoms with E-state index in [1.54, 1.807) is 6.07 Å². The molecule has 0 spiro atoms. The summed E-state index contributed by atoms with van der Waals surface area (Å²) < 4.78 is 5.10. The molecule has 10 heteroatoms. The molecular weight excluding hydrogens is 376 g/mol. The third-order valence-corrected chi connectivity index (χ3v) is 3.61. The van der Waals surface area contributed by atoms with Crippen molar-refractivity contribution in [2.24, 2.45) is 10.2 Å². The first-order chi connectivity index (χ1) is 12.8. The van der Waals surface area contributed by atoms with E-state index in [2.05, 4.69) is 15.5 Å². The summed E-state index contributed by atoms with van der Waals surface area (Å²) in [4.78, 5) is 33.5. The van der Waals surface area contributed by atoms with Gasteiger partial charge in [0.1, 0.15) is 22.2 Å². The number of hydrogen-bond donors (Lipinski definition) is 1. The lowest BCUT2D eigenvalue weighted by Gasteiger charge is -2.09. The first kappa shape index (κ1) is 20.0. The summed E-state index contributed by atoms with van der Waals surface area (Å²) in [6, 6.07) is 8.88. The van der Waals surface area contributed by atoms with Crippen molar-refractivity contribution in [3.05, 3.63) is 51.5 Å². The molecule has 0 aliphatic carbocycles. The smallest absolute Gasteiger partial charge is 0.315 e. The van der Waals surface area contributed by atoms with Gasteiger partial charge in [0.15, 0.2) is 5.69 Å². The third-order valence-electron chi connectivity index (χ3n) is 3.30. The second-order valence-electron chi connectivity index (χ2n) is 5.37. The molecule has 0 radical (unpaired) electrons. The van der Waals surface area contributed by atoms with Gasteiger partial charge in [-0.15, -0.1) is 10.2 Å². The quantitative estimate of drug-likeness (QED) is 0.320. The molecule has 2 aromatic rings. The highest BCUT2D eigenvalue weighted by atomic mass is 35.5. The highest BCUT2D eigenvalue weighted by molar-refractivity contribution is 6.33. The Balaban J connectivity index is 2.40. The number of methoxy groups -OCH3 is 1. The number of anilines is 1. The molecule has 2 rings (SSSR count). The Hall–Kier alpha value is -3.33. The van der Waals surface area contributed by atoms with Crippen LogP contribution in [0.5, 0.6) is 5.75 Å². The molecule has 2 aromatic carbocycles. The molecule has 0 bridgehead atoms. The van der Waals surface area contributed by atoms with E-state index in [1.165, 1.54) is 44.4 Å². The van der Waals surface area contributed by atoms with Crippen molar-refractivity contribution in [3.8, 4) is 5.75 Å². The standard InChI is InChI=1S/C17H15ClN4O5/c1-10(23)8-16(24)19-15-9-11(27-2)6-7-13(15)20-21-14-5-3-4-12(18)17(14)22(25)26/h3-7,9H,8H2,1-2H3,(H,19,24). The zero-order valence-electron chi connectivity index (χ0n) is 14.4. The second-order valence-corrected chi connectivity index (χ2v) is 5.78. The molecule has 0 aliphatic heterocycles. The Morgan fingerprint density at radius 1 is 1.22 bits per heavy atom. The number of azo groups is 1. The van der Waals surface area contributed by atoms with Crippen LogP contribution in [0.2, 0.25) is 5.02 Å². The summed E-state index contributed by atoms with van der Waals surface area (Å²) in [5.41, 5.74) is 0.0546. The molecule has 0 aliphatic rings. The number of ether oxygens (including phenoxy) is 1. The minimum absolute atomic E-state index is 0.0377. The second kappa shape index (κ2) is 8.86. The highest BCUT2D eigenvalue weighted by Crippen LogP contribution is 2.37. The van der Waals surface area contributed by atoms with Crippen molar-refractivity contribution in [1.29, 1.82) is 0 Å². The van der Waals surface area contributed by atoms with Crippen LogP contribution in [-0.2, 0) is 9.59 Å². The number of carbonyl (C=O) groups excluding carboxylic acids is 2. The number of Topliss-reactive ketones (excluding diaryl/α,β-unsaturated/α-hetero) is 1. The SMILES string of the molecule is COc1ccc(N=Nc2cccc(Cl)c2[N+](=O)[O-])c(NC(=O)CC(C)=O)c1. The molecule has 9 nitrogen and oxygen atoms in total. The minimum atomic E-state index is -0.653. The van der Waals surface area contributed by atoms with Gasteiger partial charge in [-0.3, -0.25) is 19.7 Å². The van der Waals surface area contributed by atoms with E-state index in [4.69, 9.17) is 16.3 Å². The van der Waals surface area contributed by atoms with Gasteiger partial charge in [0.2, 0.25) is 5.91 Å². The predicted molar refractivity (Wildman–Crippen MR) is 99.2 cm³/mol. The maximum absolute atomic E-state index is 11.9. The predicted octanol–water partition coefficient (Wildman–Crippen LogP) is 4.59. The molecule has 0 unspecified atom stereocenters. The van der Waals surface area contributed by atoms with Gasteiger partial charge >= 0.3 is 5.69 Å². The fourth-order valence-corrected chi connectivity index (χ4v) is 2.36. The van der Waals surface area contributed by atoms with Crippen molar-refractivity contribution in [2.75, 3.05) is 12.4 Å². The average Bonchev–Trinajstić information content (AvgIpc) is 2.59. The van der Waals surface area contributed by atoms with E-state index in [-0.39, 0.29) is 40.0 Å². The molecule has 0 heterocycles. The number of nitrogens with zero attached hydrogens (tertiary/aromatic N) is 3. The number of nitro groups is 1. The number of carbonyl (C=O) groups is 2. The van der Waals surface area contributed by atoms with Crippen LogP contribution in [0.1, 0.15) is 13.3 Å². The first-order valence-corrected chi connectivity index (χ1v) is 8.01. The number of amides is 1. The van der Waals surface area contributed by atoms with E-state index < -0.39 is 10.8 Å². The molecular formula is C17H15ClN4O5. The summed E-state index contributed by atoms with van der Waals surface area (Å²) in [6.07, 6.45) is -0.298. The van der Waals surface area contributed by atoms with Gasteiger partial charge in [0.05, 0.1) is 24.1 Å². The summed E-state index contributed by atoms with van der Waals surface area (Å²) in [5, 5.41) is 21.5. The lowest BCUT2D eigenvalue weighted by Crippen LogP contribution is -2.14. The largest absolute Gasteiger partial charge is 0.497 e. The van der Waals surface area contributed by atoms with E-state index >= 15 is 0 Å². The Labute approximate surface area is 159 Å². The maximum atomic E-state index is 11.9. The lowest BCUT2D eigenvalue weighted by molar-refractivity contribution is -0.383. The molecule has 0 saturated heterocycles. The zero-order chi connectivity index (χ0) is 20.0. The van der Waals surface area contributed by atoms with Crippen LogP contribution in [0.25, 0.3) is 0 Å². The average molecular weight is 391 g/mol. The fraction of sp³-hybridized carbons (Fsp3) is 0.176. The molecule has 1 N–H and O–H groups in total. The highest BCUT2D eigenvalue weighted by Gasteiger charge is 2.18. The van der Waals surface area contributed by atoms with E-state index in [9.17, 15) is 19.7 Å². The monoisotopic (exact) mass is 390 g/mol. The normalized spacial score (nSPS) is 10.6. The lowest BCUT2D eigenvalue weighted by atomic mass is 10.2. The van der Waals surface area contributed by atoms with Gasteiger partial charge in [-0.05, 0) is 31.2 Å². The van der Waals surface area contributed by atoms with Crippen LogP contribution in [0.3, 0.4) is 0 Å². The van der Waals surface area contributed by atoms with Crippen molar-refractivity contribution in [1.82, 2.24) is 0 Å². The maximum Gasteiger partial charge on any atom is 0.315 e. The number of nitro benzene ring substituents is 1. The summed E-state index contributed by atoms with van der Waals surface area (Å²) in [7, 11) is 1.45. The van der Waals surface area contributed by atoms with Crippen LogP contribution < -0.4 is 10.1 Å². The summed E-state index contributed by atoms with van der Waals surface area (Å²) >= 11 is 5.85. The topological polar surface area (TPSA) is 123 Å². The van der Waals surface area contributed by atoms with Crippen molar-refractivity contribution < 1.29 is 19.2 Å². The van der Waals surface area contributed by atoms with Gasteiger partial charge in [-0.2, -0.15) is 0 Å². The van der Waals surface area contributed by atoms with Crippen LogP contribution in [0.4, 0.5) is 22.7 Å². The molecule has 0 saturated carbocycles. The van der Waals surface area contributed by atoms with Crippen LogP contribution >= 0.6 is 11.6 Å². The number of nitrogens with one attached hydrogen (secondary N) is 1. The number of rotatable bonds is 7. The van der Waals surface area contributed by atoms with Crippen LogP contribution in [0, 0.1) is 10.1 Å². The first-order valence-electron chi connectivity index (χ1n) is 7.63. The Bertz CT molecular complexity index is 930. The van der Waals surface area contributed by atoms with E-state index in [1.807, 2.05) is 0 Å². The van der Waals surface area contributed by atoms with Gasteiger partial charge < -0.3 is 10.1 Å². The summed E-state index contributed by atoms with van der Waals surface area (Å²) in [6.45, 7) is 1.30. The molecule has 140 valence electrons. The Morgan fingerprint density at radius 3 is 2.56 bits per heavy atom. The minimum Gasteiger partial charge on any atom is -0.497 e. The molecule has 1 amide bonds. The number of halogens is 1. The number of benzene rings is 2. The van der Waals surface area contributed by atoms with Gasteiger partial charge in [0.25, 0.3) is 0 Å². The fourth-order valence-electron chi connectivity index (χ4n) is 2.12. The van der Waals surface area contributed by atoms with Crippen molar-refractivity contribution in [3.63, 3.8) is 0 Å². The van der Waals surface area contributed by atoms with Crippen molar-refractivity contribution >= 4 is 46.0 Å². The van der Waals surface area contributed by atoms with Crippen LogP contribution in [-0.4, -0.2) is 23.7 Å². The van der Waals surface area contributed by atoms with E-state index in [0.717, 1.165) is 0 Å². The van der Waals surface area contributed by atoms with Crippen LogP contribution in [0.15, 0.2) is 46.6 Å². The molecule has 27 heavy (non-hydrogen) atoms. The van der Waals surface area contributed by atoms with Gasteiger partial charge in [-0.25, -0.2) is 0 Å². The molecule has 0 fully saturated rings. The summed E-state index contributed by atoms with van der Waals surface area (Å²) in [5.74, 6) is -0.380. The third kappa shape index (κ3) is 5.32. The number of para-hydroxylation sites is 1. The molecule has 0 atom stereocenters. The van der Waals surface area contributed by atoms with E-state index in [0.29, 0.717) is 5.75 Å². The van der Waals surface area contributed by atoms with Gasteiger partial charge in [-0.1, -0.05) is 17.7 Å². The Morgan fingerprint density at radius 2 is 1.93 bits per heavy atom. The van der Waals surface area contributed by atoms with Gasteiger partial charge in [0, 0.05) is 6.07 Å². The van der Waals surface area contributed by atoms with Crippen molar-refractivity contribution in [2.45, 2.75) is 13.3 Å². The number of ketones is 1.